The Hall–Kier alpha value is -4.42. The Morgan fingerprint density at radius 1 is 0.727 bits per heavy atom. The average molecular weight is 628 g/mol. The number of benzene rings is 3. The van der Waals surface area contributed by atoms with Crippen LogP contribution in [0.15, 0.2) is 83.8 Å². The van der Waals surface area contributed by atoms with Gasteiger partial charge in [-0.05, 0) is 109 Å². The highest BCUT2D eigenvalue weighted by Crippen LogP contribution is 2.31. The molecule has 1 aromatic heterocycles. The van der Waals surface area contributed by atoms with Crippen molar-refractivity contribution < 1.29 is 41.3 Å². The van der Waals surface area contributed by atoms with Crippen LogP contribution in [0, 0.1) is 30.6 Å². The summed E-state index contributed by atoms with van der Waals surface area (Å²) in [7, 11) is 0. The molecular formula is C33H23F6NO3S. The van der Waals surface area contributed by atoms with Gasteiger partial charge in [-0.3, -0.25) is 0 Å². The highest BCUT2D eigenvalue weighted by molar-refractivity contribution is 7.98. The Kier molecular flexibility index (Phi) is 10.3. The van der Waals surface area contributed by atoms with Crippen LogP contribution in [0.1, 0.15) is 44.8 Å². The van der Waals surface area contributed by atoms with Crippen molar-refractivity contribution in [3.05, 3.63) is 124 Å². The number of pyridine rings is 1. The minimum Gasteiger partial charge on any atom is -0.488 e. The Morgan fingerprint density at radius 2 is 1.23 bits per heavy atom. The first kappa shape index (κ1) is 32.5. The van der Waals surface area contributed by atoms with Crippen LogP contribution in [0.2, 0.25) is 0 Å². The number of rotatable bonds is 6. The van der Waals surface area contributed by atoms with Crippen molar-refractivity contribution in [2.24, 2.45) is 0 Å². The summed E-state index contributed by atoms with van der Waals surface area (Å²) < 4.78 is 82.7. The van der Waals surface area contributed by atoms with E-state index in [0.29, 0.717) is 34.0 Å². The van der Waals surface area contributed by atoms with Gasteiger partial charge in [0.25, 0.3) is 0 Å². The van der Waals surface area contributed by atoms with Crippen LogP contribution < -0.4 is 4.74 Å². The second-order valence-electron chi connectivity index (χ2n) is 9.40. The first-order valence-corrected chi connectivity index (χ1v) is 13.9. The lowest BCUT2D eigenvalue weighted by Crippen LogP contribution is -2.16. The summed E-state index contributed by atoms with van der Waals surface area (Å²) >= 11 is 1.48. The molecule has 0 aliphatic carbocycles. The zero-order chi connectivity index (χ0) is 31.9. The molecule has 3 aromatic carbocycles. The summed E-state index contributed by atoms with van der Waals surface area (Å²) in [6, 6.07) is 17.7. The maximum Gasteiger partial charge on any atom is 0.416 e. The monoisotopic (exact) mass is 627 g/mol. The number of thioether (sulfide) groups is 1. The number of alkyl halides is 6. The summed E-state index contributed by atoms with van der Waals surface area (Å²) in [5.41, 5.74) is 1.30. The number of aliphatic hydroxyl groups excluding tert-OH is 1. The van der Waals surface area contributed by atoms with Crippen LogP contribution in [0.4, 0.5) is 26.3 Å². The van der Waals surface area contributed by atoms with Crippen LogP contribution in [-0.4, -0.2) is 28.1 Å². The lowest BCUT2D eigenvalue weighted by atomic mass is 10.1. The summed E-state index contributed by atoms with van der Waals surface area (Å²) in [4.78, 5) is 5.31. The van der Waals surface area contributed by atoms with Gasteiger partial charge < -0.3 is 14.9 Å². The third-order valence-electron chi connectivity index (χ3n) is 5.92. The van der Waals surface area contributed by atoms with E-state index in [0.717, 1.165) is 40.3 Å². The molecule has 11 heteroatoms. The number of aliphatic hydroxyl groups is 2. The summed E-state index contributed by atoms with van der Waals surface area (Å²) in [5, 5.41) is 18.0. The van der Waals surface area contributed by atoms with Crippen molar-refractivity contribution in [2.45, 2.75) is 36.2 Å². The SMILES string of the molecule is Cc1cc(SCc2cc(C#Cc3ccc(C(F)(F)F)cc3)nc(C#Cc3ccc(C(F)(F)F)cc3)c2)ccc1OCC(O)O. The molecule has 0 aliphatic rings. The van der Waals surface area contributed by atoms with Gasteiger partial charge in [-0.1, -0.05) is 11.8 Å². The fourth-order valence-corrected chi connectivity index (χ4v) is 4.69. The van der Waals surface area contributed by atoms with E-state index >= 15 is 0 Å². The highest BCUT2D eigenvalue weighted by atomic mass is 32.2. The van der Waals surface area contributed by atoms with E-state index in [1.165, 1.54) is 36.0 Å². The van der Waals surface area contributed by atoms with E-state index in [1.807, 2.05) is 19.1 Å². The lowest BCUT2D eigenvalue weighted by molar-refractivity contribution is -0.138. The van der Waals surface area contributed by atoms with Crippen molar-refractivity contribution >= 4 is 11.8 Å². The predicted octanol–water partition coefficient (Wildman–Crippen LogP) is 7.21. The topological polar surface area (TPSA) is 62.6 Å². The summed E-state index contributed by atoms with van der Waals surface area (Å²) in [6.45, 7) is 1.55. The molecule has 0 unspecified atom stereocenters. The largest absolute Gasteiger partial charge is 0.488 e. The molecule has 2 N–H and O–H groups in total. The van der Waals surface area contributed by atoms with E-state index in [2.05, 4.69) is 28.7 Å². The van der Waals surface area contributed by atoms with E-state index in [1.54, 1.807) is 18.2 Å². The van der Waals surface area contributed by atoms with Gasteiger partial charge >= 0.3 is 12.4 Å². The van der Waals surface area contributed by atoms with Crippen LogP contribution in [-0.2, 0) is 18.1 Å². The number of aromatic nitrogens is 1. The van der Waals surface area contributed by atoms with Crippen LogP contribution in [0.25, 0.3) is 0 Å². The Bertz CT molecular complexity index is 1630. The van der Waals surface area contributed by atoms with E-state index in [-0.39, 0.29) is 6.61 Å². The van der Waals surface area contributed by atoms with Gasteiger partial charge in [-0.2, -0.15) is 26.3 Å². The maximum atomic E-state index is 12.9. The first-order valence-electron chi connectivity index (χ1n) is 12.9. The van der Waals surface area contributed by atoms with Crippen molar-refractivity contribution in [1.29, 1.82) is 0 Å². The quantitative estimate of drug-likeness (QED) is 0.102. The third-order valence-corrected chi connectivity index (χ3v) is 6.98. The third kappa shape index (κ3) is 9.55. The summed E-state index contributed by atoms with van der Waals surface area (Å²) in [6.07, 6.45) is -10.5. The lowest BCUT2D eigenvalue weighted by Gasteiger charge is -2.11. The van der Waals surface area contributed by atoms with Crippen molar-refractivity contribution in [2.75, 3.05) is 6.61 Å². The summed E-state index contributed by atoms with van der Waals surface area (Å²) in [5.74, 6) is 12.3. The van der Waals surface area contributed by atoms with Crippen LogP contribution in [0.3, 0.4) is 0 Å². The Morgan fingerprint density at radius 3 is 1.66 bits per heavy atom. The molecule has 44 heavy (non-hydrogen) atoms. The molecule has 0 amide bonds. The second-order valence-corrected chi connectivity index (χ2v) is 10.5. The molecule has 226 valence electrons. The minimum atomic E-state index is -4.46. The van der Waals surface area contributed by atoms with Crippen LogP contribution >= 0.6 is 11.8 Å². The van der Waals surface area contributed by atoms with E-state index in [9.17, 15) is 26.3 Å². The highest BCUT2D eigenvalue weighted by Gasteiger charge is 2.30. The molecule has 0 spiro atoms. The van der Waals surface area contributed by atoms with Gasteiger partial charge in [0.1, 0.15) is 23.7 Å². The number of aryl methyl sites for hydroxylation is 1. The number of hydrogen-bond donors (Lipinski definition) is 2. The number of hydrogen-bond acceptors (Lipinski definition) is 5. The maximum absolute atomic E-state index is 12.9. The fourth-order valence-electron chi connectivity index (χ4n) is 3.76. The molecule has 0 radical (unpaired) electrons. The van der Waals surface area contributed by atoms with Crippen molar-refractivity contribution in [1.82, 2.24) is 4.98 Å². The molecule has 1 heterocycles. The molecule has 0 fully saturated rings. The Balaban J connectivity index is 1.59. The molecule has 0 aliphatic heterocycles. The van der Waals surface area contributed by atoms with Crippen molar-refractivity contribution in [3.63, 3.8) is 0 Å². The van der Waals surface area contributed by atoms with Gasteiger partial charge in [-0.15, -0.1) is 11.8 Å². The molecular weight excluding hydrogens is 604 g/mol. The van der Waals surface area contributed by atoms with Gasteiger partial charge in [0.15, 0.2) is 6.29 Å². The Labute approximate surface area is 253 Å². The van der Waals surface area contributed by atoms with Crippen molar-refractivity contribution in [3.8, 4) is 29.4 Å². The average Bonchev–Trinajstić information content (AvgIpc) is 2.97. The first-order chi connectivity index (χ1) is 20.8. The van der Waals surface area contributed by atoms with Gasteiger partial charge in [0.05, 0.1) is 11.1 Å². The molecule has 4 nitrogen and oxygen atoms in total. The number of nitrogens with zero attached hydrogens (tertiary/aromatic N) is 1. The van der Waals surface area contributed by atoms with Gasteiger partial charge in [0, 0.05) is 21.8 Å². The molecule has 0 atom stereocenters. The molecule has 4 rings (SSSR count). The molecule has 0 bridgehead atoms. The molecule has 0 saturated heterocycles. The second kappa shape index (κ2) is 13.9. The smallest absolute Gasteiger partial charge is 0.416 e. The predicted molar refractivity (Wildman–Crippen MR) is 154 cm³/mol. The van der Waals surface area contributed by atoms with Crippen LogP contribution in [0.5, 0.6) is 5.75 Å². The number of halogens is 6. The van der Waals surface area contributed by atoms with Gasteiger partial charge in [0.2, 0.25) is 0 Å². The van der Waals surface area contributed by atoms with E-state index in [4.69, 9.17) is 14.9 Å². The zero-order valence-corrected chi connectivity index (χ0v) is 23.7. The molecule has 0 saturated carbocycles. The molecule has 4 aromatic rings. The normalized spacial score (nSPS) is 11.4. The van der Waals surface area contributed by atoms with Gasteiger partial charge in [-0.25, -0.2) is 4.98 Å². The zero-order valence-electron chi connectivity index (χ0n) is 22.9. The number of ether oxygens (including phenoxy) is 1. The fraction of sp³-hybridized carbons (Fsp3) is 0.182. The standard InChI is InChI=1S/C33H23F6NO3S/c1-21-16-29(14-15-30(21)43-19-31(41)42)44-20-24-17-27(12-6-22-2-8-25(9-3-22)32(34,35)36)40-28(18-24)13-7-23-4-10-26(11-5-23)33(37,38)39/h2-5,8-11,14-18,31,41-42H,19-20H2,1H3. The van der Waals surface area contributed by atoms with E-state index < -0.39 is 29.8 Å². The minimum absolute atomic E-state index is 0.267.